The Morgan fingerprint density at radius 3 is 2.85 bits per heavy atom. The number of oxime groups is 1. The summed E-state index contributed by atoms with van der Waals surface area (Å²) in [6.45, 7) is 2.26. The molecule has 20 heavy (non-hydrogen) atoms. The third-order valence-corrected chi connectivity index (χ3v) is 3.13. The largest absolute Gasteiger partial charge is 0.416 e. The summed E-state index contributed by atoms with van der Waals surface area (Å²) in [7, 11) is 0. The highest BCUT2D eigenvalue weighted by Crippen LogP contribution is 2.36. The molecule has 7 heteroatoms. The van der Waals surface area contributed by atoms with Crippen molar-refractivity contribution >= 4 is 5.71 Å². The molecule has 1 fully saturated rings. The maximum Gasteiger partial charge on any atom is 0.416 e. The third kappa shape index (κ3) is 2.38. The minimum atomic E-state index is -4.39. The van der Waals surface area contributed by atoms with Crippen LogP contribution in [0, 0.1) is 0 Å². The highest BCUT2D eigenvalue weighted by Gasteiger charge is 2.54. The maximum absolute atomic E-state index is 12.7. The van der Waals surface area contributed by atoms with Gasteiger partial charge in [0.05, 0.1) is 5.56 Å². The van der Waals surface area contributed by atoms with Gasteiger partial charge in [-0.05, 0) is 19.1 Å². The average Bonchev–Trinajstić information content (AvgIpc) is 3.19. The quantitative estimate of drug-likeness (QED) is 0.802. The highest BCUT2D eigenvalue weighted by atomic mass is 19.4. The minimum Gasteiger partial charge on any atom is -0.360 e. The standard InChI is InChI=1S/C13H12F3NO3/c1-2-18-12-11-10(19-11)9(17-20-12)7-4-3-5-8(6-7)13(14,15)16/h3-6,10-12H,2H2,1H3/t10-,11-,12-/m0/s1. The lowest BCUT2D eigenvalue weighted by Crippen LogP contribution is -2.31. The zero-order valence-corrected chi connectivity index (χ0v) is 10.6. The van der Waals surface area contributed by atoms with Gasteiger partial charge in [0.25, 0.3) is 6.29 Å². The van der Waals surface area contributed by atoms with Crippen LogP contribution in [0.15, 0.2) is 29.4 Å². The summed E-state index contributed by atoms with van der Waals surface area (Å²) in [4.78, 5) is 5.12. The van der Waals surface area contributed by atoms with Crippen LogP contribution in [0.25, 0.3) is 0 Å². The SMILES string of the molecule is CCO[C@H]1ON=C(c2cccc(C(F)(F)F)c2)[C@@H]2O[C@H]12. The van der Waals surface area contributed by atoms with Gasteiger partial charge in [-0.15, -0.1) is 0 Å². The van der Waals surface area contributed by atoms with Gasteiger partial charge in [-0.25, -0.2) is 0 Å². The summed E-state index contributed by atoms with van der Waals surface area (Å²) in [5, 5.41) is 3.84. The van der Waals surface area contributed by atoms with Crippen molar-refractivity contribution in [3.05, 3.63) is 35.4 Å². The molecule has 0 spiro atoms. The molecule has 0 unspecified atom stereocenters. The Morgan fingerprint density at radius 2 is 2.15 bits per heavy atom. The molecule has 2 heterocycles. The Morgan fingerprint density at radius 1 is 1.35 bits per heavy atom. The number of hydrogen-bond acceptors (Lipinski definition) is 4. The molecular formula is C13H12F3NO3. The van der Waals surface area contributed by atoms with Gasteiger partial charge in [0.1, 0.15) is 11.8 Å². The van der Waals surface area contributed by atoms with E-state index in [0.29, 0.717) is 17.9 Å². The highest BCUT2D eigenvalue weighted by molar-refractivity contribution is 6.05. The first-order valence-corrected chi connectivity index (χ1v) is 6.19. The number of hydrogen-bond donors (Lipinski definition) is 0. The third-order valence-electron chi connectivity index (χ3n) is 3.13. The Kier molecular flexibility index (Phi) is 3.18. The van der Waals surface area contributed by atoms with Crippen LogP contribution in [0.2, 0.25) is 0 Å². The molecule has 1 aromatic carbocycles. The zero-order valence-electron chi connectivity index (χ0n) is 10.6. The van der Waals surface area contributed by atoms with Crippen LogP contribution >= 0.6 is 0 Å². The van der Waals surface area contributed by atoms with Crippen molar-refractivity contribution in [3.8, 4) is 0 Å². The Bertz CT molecular complexity index is 544. The van der Waals surface area contributed by atoms with Crippen molar-refractivity contribution in [2.45, 2.75) is 31.6 Å². The van der Waals surface area contributed by atoms with E-state index in [0.717, 1.165) is 12.1 Å². The fraction of sp³-hybridized carbons (Fsp3) is 0.462. The molecule has 0 amide bonds. The Hall–Kier alpha value is -1.60. The van der Waals surface area contributed by atoms with Gasteiger partial charge in [-0.3, -0.25) is 0 Å². The molecule has 0 aliphatic carbocycles. The van der Waals surface area contributed by atoms with Gasteiger partial charge in [0.2, 0.25) is 0 Å². The van der Waals surface area contributed by atoms with Crippen molar-refractivity contribution < 1.29 is 27.5 Å². The van der Waals surface area contributed by atoms with Crippen LogP contribution in [0.5, 0.6) is 0 Å². The zero-order chi connectivity index (χ0) is 14.3. The van der Waals surface area contributed by atoms with Crippen molar-refractivity contribution in [1.29, 1.82) is 0 Å². The minimum absolute atomic E-state index is 0.294. The molecule has 2 aliphatic heterocycles. The molecular weight excluding hydrogens is 275 g/mol. The molecule has 0 radical (unpaired) electrons. The molecule has 1 aromatic rings. The molecule has 0 aromatic heterocycles. The van der Waals surface area contributed by atoms with E-state index in [1.165, 1.54) is 6.07 Å². The fourth-order valence-corrected chi connectivity index (χ4v) is 2.13. The fourth-order valence-electron chi connectivity index (χ4n) is 2.13. The van der Waals surface area contributed by atoms with E-state index in [1.807, 2.05) is 6.92 Å². The first-order chi connectivity index (χ1) is 9.50. The van der Waals surface area contributed by atoms with Gasteiger partial charge in [0, 0.05) is 12.2 Å². The maximum atomic E-state index is 12.7. The topological polar surface area (TPSA) is 43.4 Å². The van der Waals surface area contributed by atoms with Crippen molar-refractivity contribution in [1.82, 2.24) is 0 Å². The summed E-state index contributed by atoms with van der Waals surface area (Å²) in [5.41, 5.74) is 0.00107. The van der Waals surface area contributed by atoms with Gasteiger partial charge in [-0.1, -0.05) is 17.3 Å². The smallest absolute Gasteiger partial charge is 0.360 e. The lowest BCUT2D eigenvalue weighted by Gasteiger charge is -2.17. The second kappa shape index (κ2) is 4.75. The molecule has 0 N–H and O–H groups in total. The lowest BCUT2D eigenvalue weighted by atomic mass is 10.0. The van der Waals surface area contributed by atoms with Crippen LogP contribution in [0.1, 0.15) is 18.1 Å². The Balaban J connectivity index is 1.85. The van der Waals surface area contributed by atoms with Gasteiger partial charge < -0.3 is 14.3 Å². The molecule has 4 nitrogen and oxygen atoms in total. The van der Waals surface area contributed by atoms with Crippen molar-refractivity contribution in [3.63, 3.8) is 0 Å². The Labute approximate surface area is 113 Å². The number of halogens is 3. The van der Waals surface area contributed by atoms with E-state index in [2.05, 4.69) is 5.16 Å². The van der Waals surface area contributed by atoms with E-state index in [-0.39, 0.29) is 12.2 Å². The van der Waals surface area contributed by atoms with Crippen molar-refractivity contribution in [2.24, 2.45) is 5.16 Å². The summed E-state index contributed by atoms with van der Waals surface area (Å²) in [6.07, 6.45) is -5.62. The lowest BCUT2D eigenvalue weighted by molar-refractivity contribution is -0.151. The number of rotatable bonds is 3. The molecule has 108 valence electrons. The summed E-state index contributed by atoms with van der Waals surface area (Å²) in [5.74, 6) is 0. The van der Waals surface area contributed by atoms with E-state index in [9.17, 15) is 13.2 Å². The van der Waals surface area contributed by atoms with E-state index >= 15 is 0 Å². The average molecular weight is 287 g/mol. The summed E-state index contributed by atoms with van der Waals surface area (Å²) < 4.78 is 48.7. The summed E-state index contributed by atoms with van der Waals surface area (Å²) in [6, 6.07) is 4.95. The van der Waals surface area contributed by atoms with E-state index in [4.69, 9.17) is 14.3 Å². The second-order valence-corrected chi connectivity index (χ2v) is 4.51. The predicted molar refractivity (Wildman–Crippen MR) is 63.1 cm³/mol. The monoisotopic (exact) mass is 287 g/mol. The van der Waals surface area contributed by atoms with Crippen LogP contribution in [0.3, 0.4) is 0 Å². The number of ether oxygens (including phenoxy) is 2. The van der Waals surface area contributed by atoms with Crippen LogP contribution in [-0.4, -0.2) is 30.8 Å². The van der Waals surface area contributed by atoms with Gasteiger partial charge >= 0.3 is 6.18 Å². The van der Waals surface area contributed by atoms with E-state index in [1.54, 1.807) is 6.07 Å². The molecule has 1 saturated heterocycles. The predicted octanol–water partition coefficient (Wildman–Crippen LogP) is 2.57. The van der Waals surface area contributed by atoms with Crippen molar-refractivity contribution in [2.75, 3.05) is 6.61 Å². The van der Waals surface area contributed by atoms with Crippen LogP contribution < -0.4 is 0 Å². The number of epoxide rings is 1. The number of benzene rings is 1. The number of alkyl halides is 3. The number of nitrogens with zero attached hydrogens (tertiary/aromatic N) is 1. The van der Waals surface area contributed by atoms with E-state index < -0.39 is 18.0 Å². The normalized spacial score (nSPS) is 28.4. The first-order valence-electron chi connectivity index (χ1n) is 6.19. The number of fused-ring (bicyclic) bond motifs is 1. The second-order valence-electron chi connectivity index (χ2n) is 4.51. The molecule has 0 saturated carbocycles. The molecule has 3 rings (SSSR count). The van der Waals surface area contributed by atoms with Crippen LogP contribution in [0.4, 0.5) is 13.2 Å². The van der Waals surface area contributed by atoms with Crippen LogP contribution in [-0.2, 0) is 20.5 Å². The summed E-state index contributed by atoms with van der Waals surface area (Å²) >= 11 is 0. The van der Waals surface area contributed by atoms with Gasteiger partial charge in [0.15, 0.2) is 6.10 Å². The first kappa shape index (κ1) is 13.4. The molecule has 0 bridgehead atoms. The molecule has 2 aliphatic rings. The molecule has 3 atom stereocenters. The van der Waals surface area contributed by atoms with Gasteiger partial charge in [-0.2, -0.15) is 13.2 Å².